The minimum Gasteiger partial charge on any atom is -0.485 e. The Kier molecular flexibility index (Phi) is 6.63. The summed E-state index contributed by atoms with van der Waals surface area (Å²) in [6, 6.07) is 19.6. The lowest BCUT2D eigenvalue weighted by Crippen LogP contribution is -2.12. The number of benzene rings is 2. The molecule has 0 unspecified atom stereocenters. The molecule has 0 aliphatic heterocycles. The molecule has 1 amide bonds. The highest BCUT2D eigenvalue weighted by atomic mass is 16.5. The monoisotopic (exact) mass is 443 g/mol. The molecule has 0 spiro atoms. The SMILES string of the molecule is Cc1cccc(Cn2ccc(NC(=O)c3ccc(COc4cc(C)ccc4C(C)C)o3)n2)c1. The van der Waals surface area contributed by atoms with Crippen molar-refractivity contribution in [3.05, 3.63) is 101 Å². The van der Waals surface area contributed by atoms with Crippen LogP contribution in [0.3, 0.4) is 0 Å². The van der Waals surface area contributed by atoms with Gasteiger partial charge in [-0.15, -0.1) is 0 Å². The van der Waals surface area contributed by atoms with Gasteiger partial charge in [0, 0.05) is 12.3 Å². The number of aromatic nitrogens is 2. The van der Waals surface area contributed by atoms with Gasteiger partial charge in [-0.2, -0.15) is 5.10 Å². The molecular formula is C27H29N3O3. The summed E-state index contributed by atoms with van der Waals surface area (Å²) in [7, 11) is 0. The molecular weight excluding hydrogens is 414 g/mol. The smallest absolute Gasteiger partial charge is 0.292 e. The van der Waals surface area contributed by atoms with Crippen molar-refractivity contribution in [2.24, 2.45) is 0 Å². The molecule has 2 aromatic heterocycles. The summed E-state index contributed by atoms with van der Waals surface area (Å²) in [6.45, 7) is 9.25. The van der Waals surface area contributed by atoms with Gasteiger partial charge in [-0.05, 0) is 54.7 Å². The third-order valence-corrected chi connectivity index (χ3v) is 5.36. The molecule has 0 atom stereocenters. The Morgan fingerprint density at radius 2 is 1.88 bits per heavy atom. The van der Waals surface area contributed by atoms with Gasteiger partial charge in [0.15, 0.2) is 11.6 Å². The highest BCUT2D eigenvalue weighted by Gasteiger charge is 2.14. The number of ether oxygens (including phenoxy) is 1. The standard InChI is InChI=1S/C27H29N3O3/c1-18(2)23-10-8-20(4)15-25(23)32-17-22-9-11-24(33-22)27(31)28-26-12-13-30(29-26)16-21-7-5-6-19(3)14-21/h5-15,18H,16-17H2,1-4H3,(H,28,29,31). The molecule has 170 valence electrons. The van der Waals surface area contributed by atoms with Gasteiger partial charge in [-0.3, -0.25) is 9.48 Å². The first-order valence-corrected chi connectivity index (χ1v) is 11.1. The molecule has 0 aliphatic carbocycles. The lowest BCUT2D eigenvalue weighted by Gasteiger charge is -2.14. The zero-order valence-corrected chi connectivity index (χ0v) is 19.5. The molecule has 33 heavy (non-hydrogen) atoms. The second kappa shape index (κ2) is 9.77. The van der Waals surface area contributed by atoms with Crippen molar-refractivity contribution in [1.29, 1.82) is 0 Å². The Hall–Kier alpha value is -3.80. The van der Waals surface area contributed by atoms with E-state index in [-0.39, 0.29) is 18.3 Å². The Labute approximate surface area is 194 Å². The second-order valence-corrected chi connectivity index (χ2v) is 8.59. The van der Waals surface area contributed by atoms with Crippen LogP contribution in [0, 0.1) is 13.8 Å². The fourth-order valence-corrected chi connectivity index (χ4v) is 3.66. The number of aryl methyl sites for hydroxylation is 2. The third kappa shape index (κ3) is 5.71. The van der Waals surface area contributed by atoms with E-state index in [0.717, 1.165) is 22.4 Å². The Balaban J connectivity index is 1.36. The number of nitrogens with one attached hydrogen (secondary N) is 1. The van der Waals surface area contributed by atoms with Crippen LogP contribution >= 0.6 is 0 Å². The highest BCUT2D eigenvalue weighted by molar-refractivity contribution is 6.01. The number of amides is 1. The van der Waals surface area contributed by atoms with Gasteiger partial charge >= 0.3 is 0 Å². The fraction of sp³-hybridized carbons (Fsp3) is 0.259. The van der Waals surface area contributed by atoms with Gasteiger partial charge in [-0.1, -0.05) is 55.8 Å². The molecule has 0 aliphatic rings. The summed E-state index contributed by atoms with van der Waals surface area (Å²) in [5.41, 5.74) is 4.64. The molecule has 0 bridgehead atoms. The van der Waals surface area contributed by atoms with E-state index in [0.29, 0.717) is 24.0 Å². The molecule has 2 heterocycles. The summed E-state index contributed by atoms with van der Waals surface area (Å²) in [4.78, 5) is 12.6. The molecule has 0 saturated carbocycles. The maximum atomic E-state index is 12.6. The van der Waals surface area contributed by atoms with Gasteiger partial charge in [0.1, 0.15) is 18.1 Å². The first-order valence-electron chi connectivity index (χ1n) is 11.1. The fourth-order valence-electron chi connectivity index (χ4n) is 3.66. The number of hydrogen-bond acceptors (Lipinski definition) is 4. The van der Waals surface area contributed by atoms with Crippen molar-refractivity contribution in [3.63, 3.8) is 0 Å². The van der Waals surface area contributed by atoms with Crippen LogP contribution in [0.25, 0.3) is 0 Å². The molecule has 6 nitrogen and oxygen atoms in total. The summed E-state index contributed by atoms with van der Waals surface area (Å²) in [5, 5.41) is 7.23. The van der Waals surface area contributed by atoms with Crippen LogP contribution in [0.4, 0.5) is 5.82 Å². The van der Waals surface area contributed by atoms with Crippen LogP contribution in [-0.2, 0) is 13.2 Å². The molecule has 1 N–H and O–H groups in total. The Morgan fingerprint density at radius 1 is 1.06 bits per heavy atom. The van der Waals surface area contributed by atoms with Crippen molar-refractivity contribution >= 4 is 11.7 Å². The molecule has 4 aromatic rings. The Morgan fingerprint density at radius 3 is 2.67 bits per heavy atom. The minimum absolute atomic E-state index is 0.218. The number of anilines is 1. The number of hydrogen-bond donors (Lipinski definition) is 1. The number of nitrogens with zero attached hydrogens (tertiary/aromatic N) is 2. The van der Waals surface area contributed by atoms with Crippen LogP contribution in [0.1, 0.15) is 58.3 Å². The largest absolute Gasteiger partial charge is 0.485 e. The van der Waals surface area contributed by atoms with Gasteiger partial charge in [0.25, 0.3) is 5.91 Å². The number of carbonyl (C=O) groups is 1. The number of furan rings is 1. The summed E-state index contributed by atoms with van der Waals surface area (Å²) >= 11 is 0. The normalized spacial score (nSPS) is 11.1. The minimum atomic E-state index is -0.347. The lowest BCUT2D eigenvalue weighted by molar-refractivity contribution is 0.0992. The van der Waals surface area contributed by atoms with Crippen LogP contribution in [0.5, 0.6) is 5.75 Å². The van der Waals surface area contributed by atoms with Gasteiger partial charge in [-0.25, -0.2) is 0 Å². The molecule has 4 rings (SSSR count). The zero-order valence-electron chi connectivity index (χ0n) is 19.5. The van der Waals surface area contributed by atoms with E-state index in [4.69, 9.17) is 9.15 Å². The summed E-state index contributed by atoms with van der Waals surface area (Å²) < 4.78 is 13.5. The van der Waals surface area contributed by atoms with Crippen LogP contribution < -0.4 is 10.1 Å². The topological polar surface area (TPSA) is 69.3 Å². The van der Waals surface area contributed by atoms with E-state index in [1.807, 2.05) is 25.3 Å². The van der Waals surface area contributed by atoms with Crippen LogP contribution in [0.2, 0.25) is 0 Å². The van der Waals surface area contributed by atoms with Crippen molar-refractivity contribution in [2.75, 3.05) is 5.32 Å². The van der Waals surface area contributed by atoms with Crippen molar-refractivity contribution in [3.8, 4) is 5.75 Å². The first-order chi connectivity index (χ1) is 15.9. The van der Waals surface area contributed by atoms with E-state index in [2.05, 4.69) is 61.5 Å². The van der Waals surface area contributed by atoms with Crippen molar-refractivity contribution in [1.82, 2.24) is 9.78 Å². The van der Waals surface area contributed by atoms with E-state index in [1.54, 1.807) is 22.9 Å². The third-order valence-electron chi connectivity index (χ3n) is 5.36. The van der Waals surface area contributed by atoms with E-state index >= 15 is 0 Å². The average Bonchev–Trinajstić information content (AvgIpc) is 3.42. The quantitative estimate of drug-likeness (QED) is 0.357. The Bertz CT molecular complexity index is 1250. The lowest BCUT2D eigenvalue weighted by atomic mass is 10.0. The second-order valence-electron chi connectivity index (χ2n) is 8.59. The highest BCUT2D eigenvalue weighted by Crippen LogP contribution is 2.28. The van der Waals surface area contributed by atoms with Crippen LogP contribution in [-0.4, -0.2) is 15.7 Å². The van der Waals surface area contributed by atoms with Gasteiger partial charge < -0.3 is 14.5 Å². The number of carbonyl (C=O) groups excluding carboxylic acids is 1. The van der Waals surface area contributed by atoms with E-state index in [9.17, 15) is 4.79 Å². The maximum Gasteiger partial charge on any atom is 0.292 e. The molecule has 0 saturated heterocycles. The van der Waals surface area contributed by atoms with Crippen LogP contribution in [0.15, 0.2) is 71.3 Å². The van der Waals surface area contributed by atoms with Gasteiger partial charge in [0.05, 0.1) is 6.54 Å². The zero-order chi connectivity index (χ0) is 23.4. The first kappa shape index (κ1) is 22.4. The molecule has 0 fully saturated rings. The predicted molar refractivity (Wildman–Crippen MR) is 129 cm³/mol. The van der Waals surface area contributed by atoms with E-state index < -0.39 is 0 Å². The molecule has 6 heteroatoms. The average molecular weight is 444 g/mol. The summed E-state index contributed by atoms with van der Waals surface area (Å²) in [5.74, 6) is 2.12. The summed E-state index contributed by atoms with van der Waals surface area (Å²) in [6.07, 6.45) is 1.84. The number of rotatable bonds is 8. The molecule has 2 aromatic carbocycles. The van der Waals surface area contributed by atoms with Crippen molar-refractivity contribution in [2.45, 2.75) is 46.8 Å². The van der Waals surface area contributed by atoms with Crippen molar-refractivity contribution < 1.29 is 13.9 Å². The van der Waals surface area contributed by atoms with E-state index in [1.165, 1.54) is 5.56 Å². The maximum absolute atomic E-state index is 12.6. The molecule has 0 radical (unpaired) electrons. The van der Waals surface area contributed by atoms with Gasteiger partial charge in [0.2, 0.25) is 0 Å². The predicted octanol–water partition coefficient (Wildman–Crippen LogP) is 6.10.